The average molecular weight is 192 g/mol. The van der Waals surface area contributed by atoms with Gasteiger partial charge in [0.25, 0.3) is 0 Å². The van der Waals surface area contributed by atoms with Crippen molar-refractivity contribution in [1.29, 1.82) is 0 Å². The lowest BCUT2D eigenvalue weighted by Gasteiger charge is -2.14. The highest BCUT2D eigenvalue weighted by atomic mass is 14.9. The Balaban J connectivity index is 1.92. The predicted octanol–water partition coefficient (Wildman–Crippen LogP) is 2.71. The summed E-state index contributed by atoms with van der Waals surface area (Å²) in [6, 6.07) is 0. The minimum Gasteiger partial charge on any atom is -0.265 e. The Kier molecular flexibility index (Phi) is 3.33. The molecule has 0 spiro atoms. The third-order valence-electron chi connectivity index (χ3n) is 3.21. The minimum atomic E-state index is 0.751. The van der Waals surface area contributed by atoms with Gasteiger partial charge in [-0.1, -0.05) is 32.1 Å². The van der Waals surface area contributed by atoms with Crippen molar-refractivity contribution in [3.05, 3.63) is 11.2 Å². The van der Waals surface area contributed by atoms with E-state index in [4.69, 9.17) is 0 Å². The van der Waals surface area contributed by atoms with Gasteiger partial charge in [-0.25, -0.2) is 4.98 Å². The molecule has 2 heteroatoms. The lowest BCUT2D eigenvalue weighted by molar-refractivity contribution is 0.456. The Bertz CT molecular complexity index is 286. The monoisotopic (exact) mass is 192 g/mol. The zero-order chi connectivity index (χ0) is 9.80. The highest BCUT2D eigenvalue weighted by molar-refractivity contribution is 5.11. The molecule has 0 atom stereocenters. The van der Waals surface area contributed by atoms with Crippen molar-refractivity contribution in [2.45, 2.75) is 57.8 Å². The van der Waals surface area contributed by atoms with Crippen molar-refractivity contribution in [1.82, 2.24) is 4.98 Å². The number of nitrogens with zero attached hydrogens (tertiary/aromatic N) is 2. The summed E-state index contributed by atoms with van der Waals surface area (Å²) in [4.78, 5) is 8.77. The molecule has 0 radical (unpaired) electrons. The van der Waals surface area contributed by atoms with Gasteiger partial charge in [0.2, 0.25) is 0 Å². The van der Waals surface area contributed by atoms with E-state index in [0.29, 0.717) is 0 Å². The maximum absolute atomic E-state index is 4.41. The van der Waals surface area contributed by atoms with E-state index in [-0.39, 0.29) is 0 Å². The van der Waals surface area contributed by atoms with Crippen LogP contribution in [0.15, 0.2) is 4.99 Å². The van der Waals surface area contributed by atoms with Gasteiger partial charge in [-0.3, -0.25) is 4.99 Å². The summed E-state index contributed by atoms with van der Waals surface area (Å²) in [5.41, 5.74) is 2.42. The molecule has 0 bridgehead atoms. The molecule has 1 fully saturated rings. The number of hydrogen-bond donors (Lipinski definition) is 0. The topological polar surface area (TPSA) is 25.2 Å². The summed E-state index contributed by atoms with van der Waals surface area (Å²) < 4.78 is 0. The molecule has 0 amide bonds. The fourth-order valence-electron chi connectivity index (χ4n) is 2.36. The quantitative estimate of drug-likeness (QED) is 0.707. The van der Waals surface area contributed by atoms with Crippen molar-refractivity contribution in [3.8, 4) is 0 Å². The lowest BCUT2D eigenvalue weighted by Crippen LogP contribution is -2.02. The van der Waals surface area contributed by atoms with E-state index in [0.717, 1.165) is 18.0 Å². The molecule has 14 heavy (non-hydrogen) atoms. The highest BCUT2D eigenvalue weighted by Crippen LogP contribution is 2.29. The first kappa shape index (κ1) is 9.88. The van der Waals surface area contributed by atoms with E-state index in [1.54, 1.807) is 0 Å². The van der Waals surface area contributed by atoms with Gasteiger partial charge in [0.05, 0.1) is 5.69 Å². The van der Waals surface area contributed by atoms with Gasteiger partial charge in [-0.05, 0) is 19.8 Å². The Morgan fingerprint density at radius 3 is 2.43 bits per heavy atom. The maximum atomic E-state index is 4.41. The van der Waals surface area contributed by atoms with Crippen molar-refractivity contribution < 1.29 is 0 Å². The number of rotatable bonds is 2. The van der Waals surface area contributed by atoms with Crippen molar-refractivity contribution in [3.63, 3.8) is 0 Å². The molecule has 0 aromatic carbocycles. The molecule has 1 aromatic heterocycles. The van der Waals surface area contributed by atoms with Crippen molar-refractivity contribution >= 4 is 0 Å². The smallest absolute Gasteiger partial charge is 0.169 e. The van der Waals surface area contributed by atoms with Gasteiger partial charge in [-0.2, -0.15) is 0 Å². The molecule has 0 saturated heterocycles. The van der Waals surface area contributed by atoms with Crippen LogP contribution in [0.1, 0.15) is 63.5 Å². The molecule has 1 aliphatic carbocycles. The number of hydrogen-bond acceptors (Lipinski definition) is 2. The molecular formula is C12H20N2. The van der Waals surface area contributed by atoms with Gasteiger partial charge >= 0.3 is 0 Å². The summed E-state index contributed by atoms with van der Waals surface area (Å²) >= 11 is 0. The first-order chi connectivity index (χ1) is 6.92. The van der Waals surface area contributed by atoms with E-state index in [1.165, 1.54) is 50.6 Å². The highest BCUT2D eigenvalue weighted by Gasteiger charge is 2.21. The van der Waals surface area contributed by atoms with Gasteiger partial charge in [0, 0.05) is 12.5 Å². The van der Waals surface area contributed by atoms with Crippen LogP contribution in [-0.2, 0) is 0 Å². The zero-order valence-corrected chi connectivity index (χ0v) is 9.13. The van der Waals surface area contributed by atoms with Crippen LogP contribution in [-0.4, -0.2) is 11.5 Å². The molecule has 1 heterocycles. The fourth-order valence-corrected chi connectivity index (χ4v) is 2.36. The van der Waals surface area contributed by atoms with Crippen molar-refractivity contribution in [2.75, 3.05) is 6.54 Å². The Morgan fingerprint density at radius 2 is 1.79 bits per heavy atom. The van der Waals surface area contributed by atoms with Crippen LogP contribution in [0.25, 0.3) is 0 Å². The fraction of sp³-hybridized carbons (Fsp3) is 0.833. The summed E-state index contributed by atoms with van der Waals surface area (Å²) in [5.74, 6) is 0.751. The van der Waals surface area contributed by atoms with E-state index < -0.39 is 0 Å². The summed E-state index contributed by atoms with van der Waals surface area (Å²) in [6.07, 6.45) is 9.76. The first-order valence-corrected chi connectivity index (χ1v) is 6.05. The minimum absolute atomic E-state index is 0.751. The molecule has 1 aliphatic rings. The second kappa shape index (κ2) is 4.72. The third-order valence-corrected chi connectivity index (χ3v) is 3.21. The summed E-state index contributed by atoms with van der Waals surface area (Å²) in [6.45, 7) is 2.96. The van der Waals surface area contributed by atoms with Gasteiger partial charge < -0.3 is 0 Å². The molecule has 78 valence electrons. The SMILES string of the molecule is CC/N=c1/nc1C1CCCCCCC1. The summed E-state index contributed by atoms with van der Waals surface area (Å²) in [7, 11) is 0. The van der Waals surface area contributed by atoms with Crippen LogP contribution in [0.2, 0.25) is 0 Å². The molecule has 1 aromatic rings. The van der Waals surface area contributed by atoms with Crippen molar-refractivity contribution in [2.24, 2.45) is 4.99 Å². The van der Waals surface area contributed by atoms with Crippen LogP contribution in [0.4, 0.5) is 0 Å². The normalized spacial score (nSPS) is 22.5. The summed E-state index contributed by atoms with van der Waals surface area (Å²) in [5, 5.41) is 0. The van der Waals surface area contributed by atoms with Crippen LogP contribution in [0.3, 0.4) is 0 Å². The second-order valence-electron chi connectivity index (χ2n) is 4.34. The Labute approximate surface area is 86.2 Å². The predicted molar refractivity (Wildman–Crippen MR) is 57.8 cm³/mol. The van der Waals surface area contributed by atoms with Crippen LogP contribution in [0.5, 0.6) is 0 Å². The molecule has 2 nitrogen and oxygen atoms in total. The molecule has 0 N–H and O–H groups in total. The Hall–Kier alpha value is -0.660. The standard InChI is InChI=1S/C12H20N2/c1-2-13-12-11(14-12)10-8-6-4-3-5-7-9-10/h10H,2-9H2,1H3/b13-12+. The number of aromatic nitrogens is 1. The van der Waals surface area contributed by atoms with Crippen LogP contribution in [0, 0.1) is 0 Å². The van der Waals surface area contributed by atoms with Gasteiger partial charge in [-0.15, -0.1) is 0 Å². The Morgan fingerprint density at radius 1 is 1.14 bits per heavy atom. The van der Waals surface area contributed by atoms with E-state index in [2.05, 4.69) is 16.9 Å². The molecule has 2 rings (SSSR count). The second-order valence-corrected chi connectivity index (χ2v) is 4.34. The molecule has 0 aliphatic heterocycles. The third kappa shape index (κ3) is 2.43. The van der Waals surface area contributed by atoms with Crippen LogP contribution < -0.4 is 5.49 Å². The lowest BCUT2D eigenvalue weighted by atomic mass is 9.90. The largest absolute Gasteiger partial charge is 0.265 e. The van der Waals surface area contributed by atoms with Crippen LogP contribution >= 0.6 is 0 Å². The van der Waals surface area contributed by atoms with E-state index in [9.17, 15) is 0 Å². The molecule has 0 unspecified atom stereocenters. The average Bonchev–Trinajstić information content (AvgIpc) is 2.84. The molecule has 1 saturated carbocycles. The van der Waals surface area contributed by atoms with E-state index in [1.807, 2.05) is 0 Å². The van der Waals surface area contributed by atoms with E-state index >= 15 is 0 Å². The maximum Gasteiger partial charge on any atom is 0.169 e. The first-order valence-electron chi connectivity index (χ1n) is 6.05. The van der Waals surface area contributed by atoms with Gasteiger partial charge in [0.15, 0.2) is 5.49 Å². The van der Waals surface area contributed by atoms with Gasteiger partial charge in [0.1, 0.15) is 0 Å². The molecular weight excluding hydrogens is 172 g/mol. The zero-order valence-electron chi connectivity index (χ0n) is 9.13.